The second kappa shape index (κ2) is 7.21. The van der Waals surface area contributed by atoms with E-state index >= 15 is 0 Å². The van der Waals surface area contributed by atoms with E-state index in [0.717, 1.165) is 12.1 Å². The van der Waals surface area contributed by atoms with Gasteiger partial charge in [0.2, 0.25) is 0 Å². The van der Waals surface area contributed by atoms with Crippen molar-refractivity contribution in [2.75, 3.05) is 21.9 Å². The molecule has 1 amide bonds. The molecule has 1 aliphatic rings. The molecule has 0 unspecified atom stereocenters. The Balaban J connectivity index is 1.95. The van der Waals surface area contributed by atoms with Crippen LogP contribution in [-0.2, 0) is 0 Å². The van der Waals surface area contributed by atoms with Crippen LogP contribution in [0.5, 0.6) is 0 Å². The van der Waals surface area contributed by atoms with E-state index in [1.165, 1.54) is 16.4 Å². The van der Waals surface area contributed by atoms with Gasteiger partial charge in [-0.05, 0) is 30.7 Å². The lowest BCUT2D eigenvalue weighted by molar-refractivity contribution is 0.102. The van der Waals surface area contributed by atoms with E-state index in [0.29, 0.717) is 24.7 Å². The van der Waals surface area contributed by atoms with Gasteiger partial charge in [0.15, 0.2) is 0 Å². The molecule has 1 heterocycles. The fourth-order valence-corrected chi connectivity index (χ4v) is 4.67. The van der Waals surface area contributed by atoms with Crippen molar-refractivity contribution >= 4 is 51.3 Å². The maximum absolute atomic E-state index is 13.3. The molecule has 0 radical (unpaired) electrons. The van der Waals surface area contributed by atoms with E-state index in [1.54, 1.807) is 0 Å². The van der Waals surface area contributed by atoms with E-state index in [-0.39, 0.29) is 27.0 Å². The van der Waals surface area contributed by atoms with Crippen LogP contribution in [0.3, 0.4) is 0 Å². The summed E-state index contributed by atoms with van der Waals surface area (Å²) in [5.41, 5.74) is 0.184. The Morgan fingerprint density at radius 3 is 2.35 bits per heavy atom. The highest BCUT2D eigenvalue weighted by molar-refractivity contribution is 8.25. The van der Waals surface area contributed by atoms with Crippen molar-refractivity contribution in [3.8, 4) is 0 Å². The topological polar surface area (TPSA) is 72.8 Å². The van der Waals surface area contributed by atoms with Crippen LogP contribution in [0, 0.1) is 11.6 Å². The molecule has 0 spiro atoms. The minimum absolute atomic E-state index is 0.0434. The third-order valence-electron chi connectivity index (χ3n) is 3.80. The third kappa shape index (κ3) is 3.89. The smallest absolute Gasteiger partial charge is 0.257 e. The molecule has 2 aromatic rings. The van der Waals surface area contributed by atoms with Gasteiger partial charge in [-0.25, -0.2) is 8.78 Å². The predicted molar refractivity (Wildman–Crippen MR) is 100 cm³/mol. The van der Waals surface area contributed by atoms with Crippen molar-refractivity contribution in [1.82, 2.24) is 0 Å². The van der Waals surface area contributed by atoms with Crippen LogP contribution in [0.1, 0.15) is 16.8 Å². The summed E-state index contributed by atoms with van der Waals surface area (Å²) in [6, 6.07) is 5.38. The summed E-state index contributed by atoms with van der Waals surface area (Å²) in [5, 5.41) is 2.34. The Bertz CT molecular complexity index is 863. The fraction of sp³-hybridized carbons (Fsp3) is 0.188. The van der Waals surface area contributed by atoms with Gasteiger partial charge in [-0.3, -0.25) is 18.2 Å². The Hall–Kier alpha value is -1.58. The molecule has 3 N–H and O–H groups in total. The number of hydrogen-bond donors (Lipinski definition) is 3. The van der Waals surface area contributed by atoms with E-state index in [1.807, 2.05) is 0 Å². The summed E-state index contributed by atoms with van der Waals surface area (Å²) in [4.78, 5) is 12.5. The molecule has 1 aliphatic heterocycles. The average Bonchev–Trinajstić information content (AvgIpc) is 2.88. The van der Waals surface area contributed by atoms with Crippen molar-refractivity contribution in [3.05, 3.63) is 57.6 Å². The van der Waals surface area contributed by atoms with Crippen molar-refractivity contribution in [2.24, 2.45) is 0 Å². The van der Waals surface area contributed by atoms with E-state index in [4.69, 9.17) is 23.2 Å². The highest BCUT2D eigenvalue weighted by atomic mass is 35.5. The Morgan fingerprint density at radius 1 is 1.12 bits per heavy atom. The minimum Gasteiger partial charge on any atom is -0.322 e. The molecule has 2 aromatic carbocycles. The molecule has 5 nitrogen and oxygen atoms in total. The predicted octanol–water partition coefficient (Wildman–Crippen LogP) is 5.40. The molecule has 140 valence electrons. The van der Waals surface area contributed by atoms with Crippen molar-refractivity contribution in [3.63, 3.8) is 0 Å². The number of halogens is 4. The SMILES string of the molecule is O=C(Nc1cc(F)cc(F)c1)c1cc(N2CCCS2(O)O)cc(Cl)c1Cl. The Kier molecular flexibility index (Phi) is 5.32. The van der Waals surface area contributed by atoms with Crippen LogP contribution in [0.4, 0.5) is 20.2 Å². The summed E-state index contributed by atoms with van der Waals surface area (Å²) >= 11 is 12.2. The third-order valence-corrected chi connectivity index (χ3v) is 6.54. The van der Waals surface area contributed by atoms with E-state index in [9.17, 15) is 22.7 Å². The zero-order valence-corrected chi connectivity index (χ0v) is 15.5. The van der Waals surface area contributed by atoms with E-state index < -0.39 is 28.3 Å². The monoisotopic (exact) mass is 422 g/mol. The summed E-state index contributed by atoms with van der Waals surface area (Å²) in [6.45, 7) is 0.385. The highest BCUT2D eigenvalue weighted by Gasteiger charge is 2.30. The highest BCUT2D eigenvalue weighted by Crippen LogP contribution is 2.51. The average molecular weight is 423 g/mol. The summed E-state index contributed by atoms with van der Waals surface area (Å²) in [7, 11) is -2.98. The first-order valence-corrected chi connectivity index (χ1v) is 9.90. The molecule has 0 bridgehead atoms. The van der Waals surface area contributed by atoms with Crippen molar-refractivity contribution in [2.45, 2.75) is 6.42 Å². The zero-order chi connectivity index (χ0) is 19.1. The van der Waals surface area contributed by atoms with Gasteiger partial charge in [0.1, 0.15) is 11.6 Å². The number of carbonyl (C=O) groups excluding carboxylic acids is 1. The molecule has 1 fully saturated rings. The van der Waals surface area contributed by atoms with Gasteiger partial charge in [0.25, 0.3) is 5.91 Å². The maximum atomic E-state index is 13.3. The van der Waals surface area contributed by atoms with Crippen LogP contribution in [0.2, 0.25) is 10.0 Å². The zero-order valence-electron chi connectivity index (χ0n) is 13.2. The van der Waals surface area contributed by atoms with E-state index in [2.05, 4.69) is 5.32 Å². The summed E-state index contributed by atoms with van der Waals surface area (Å²) < 4.78 is 48.1. The van der Waals surface area contributed by atoms with Gasteiger partial charge in [-0.2, -0.15) is 0 Å². The quantitative estimate of drug-likeness (QED) is 0.618. The van der Waals surface area contributed by atoms with Crippen molar-refractivity contribution in [1.29, 1.82) is 0 Å². The Morgan fingerprint density at radius 2 is 1.77 bits per heavy atom. The summed E-state index contributed by atoms with van der Waals surface area (Å²) in [5.74, 6) is -2.20. The molecular formula is C16H14Cl2F2N2O3S. The number of nitrogens with one attached hydrogen (secondary N) is 1. The molecule has 1 saturated heterocycles. The normalized spacial score (nSPS) is 17.2. The standard InChI is InChI=1S/C16H14Cl2F2N2O3S/c17-14-8-12(22-2-1-3-26(22,24)25)7-13(15(14)18)16(23)21-11-5-9(19)4-10(20)6-11/h4-8,24-25H,1-3H2,(H,21,23). The number of nitrogens with zero attached hydrogens (tertiary/aromatic N) is 1. The van der Waals surface area contributed by atoms with Gasteiger partial charge in [0.05, 0.1) is 27.0 Å². The number of rotatable bonds is 3. The Labute approximate surface area is 160 Å². The molecule has 26 heavy (non-hydrogen) atoms. The first kappa shape index (κ1) is 19.2. The number of benzene rings is 2. The second-order valence-electron chi connectivity index (χ2n) is 5.69. The lowest BCUT2D eigenvalue weighted by Gasteiger charge is -2.38. The molecule has 0 aromatic heterocycles. The van der Waals surface area contributed by atoms with Crippen molar-refractivity contribution < 1.29 is 22.7 Å². The van der Waals surface area contributed by atoms with Crippen LogP contribution in [-0.4, -0.2) is 27.3 Å². The molecule has 0 aliphatic carbocycles. The first-order chi connectivity index (χ1) is 12.2. The van der Waals surface area contributed by atoms with Gasteiger partial charge in [0, 0.05) is 18.3 Å². The largest absolute Gasteiger partial charge is 0.322 e. The minimum atomic E-state index is -2.98. The second-order valence-corrected chi connectivity index (χ2v) is 8.59. The number of carbonyl (C=O) groups is 1. The fourth-order valence-electron chi connectivity index (χ4n) is 2.66. The number of amides is 1. The van der Waals surface area contributed by atoms with Crippen LogP contribution in [0.15, 0.2) is 30.3 Å². The van der Waals surface area contributed by atoms with Crippen LogP contribution in [0.25, 0.3) is 0 Å². The van der Waals surface area contributed by atoms with Gasteiger partial charge < -0.3 is 5.32 Å². The lowest BCUT2D eigenvalue weighted by atomic mass is 10.1. The maximum Gasteiger partial charge on any atom is 0.257 e. The van der Waals surface area contributed by atoms with Crippen LogP contribution >= 0.6 is 34.0 Å². The molecule has 10 heteroatoms. The molecule has 3 rings (SSSR count). The summed E-state index contributed by atoms with van der Waals surface area (Å²) in [6.07, 6.45) is 0.576. The molecular weight excluding hydrogens is 409 g/mol. The van der Waals surface area contributed by atoms with Gasteiger partial charge in [-0.15, -0.1) is 10.8 Å². The molecule has 0 saturated carbocycles. The first-order valence-electron chi connectivity index (χ1n) is 7.47. The molecule has 0 atom stereocenters. The number of hydrogen-bond acceptors (Lipinski definition) is 4. The lowest BCUT2D eigenvalue weighted by Crippen LogP contribution is -2.22. The van der Waals surface area contributed by atoms with Crippen LogP contribution < -0.4 is 9.62 Å². The van der Waals surface area contributed by atoms with Gasteiger partial charge >= 0.3 is 0 Å². The number of anilines is 2. The van der Waals surface area contributed by atoms with Gasteiger partial charge in [-0.1, -0.05) is 23.2 Å².